The summed E-state index contributed by atoms with van der Waals surface area (Å²) in [6.07, 6.45) is 0. The molecule has 0 spiro atoms. The molecule has 0 bridgehead atoms. The predicted octanol–water partition coefficient (Wildman–Crippen LogP) is 3.32. The first-order valence-electron chi connectivity index (χ1n) is 5.64. The van der Waals surface area contributed by atoms with Crippen LogP contribution in [0.5, 0.6) is 5.88 Å². The average Bonchev–Trinajstić information content (AvgIpc) is 2.36. The summed E-state index contributed by atoms with van der Waals surface area (Å²) in [5.41, 5.74) is 1.60. The van der Waals surface area contributed by atoms with Gasteiger partial charge in [0.25, 0.3) is 0 Å². The Bertz CT molecular complexity index is 613. The second-order valence-corrected chi connectivity index (χ2v) is 4.47. The Hall–Kier alpha value is -2.07. The molecule has 5 heteroatoms. The van der Waals surface area contributed by atoms with E-state index in [1.165, 1.54) is 6.07 Å². The van der Waals surface area contributed by atoms with Gasteiger partial charge in [0.2, 0.25) is 5.88 Å². The maximum absolute atomic E-state index is 11.1. The topological polar surface area (TPSA) is 59.4 Å². The van der Waals surface area contributed by atoms with Crippen molar-refractivity contribution in [3.8, 4) is 5.88 Å². The minimum Gasteiger partial charge on any atom is -0.477 e. The second kappa shape index (κ2) is 5.71. The molecule has 0 fully saturated rings. The maximum Gasteiger partial charge on any atom is 0.341 e. The number of carbonyl (C=O) groups is 1. The lowest BCUT2D eigenvalue weighted by molar-refractivity contribution is 0.0690. The van der Waals surface area contributed by atoms with Crippen molar-refractivity contribution in [2.45, 2.75) is 13.5 Å². The van der Waals surface area contributed by atoms with Crippen molar-refractivity contribution in [1.29, 1.82) is 0 Å². The molecule has 0 saturated heterocycles. The summed E-state index contributed by atoms with van der Waals surface area (Å²) < 4.78 is 5.47. The molecular weight excluding hydrogens is 266 g/mol. The monoisotopic (exact) mass is 277 g/mol. The van der Waals surface area contributed by atoms with Gasteiger partial charge in [0, 0.05) is 10.7 Å². The molecule has 4 nitrogen and oxygen atoms in total. The number of aromatic nitrogens is 1. The van der Waals surface area contributed by atoms with Crippen molar-refractivity contribution in [3.63, 3.8) is 0 Å². The number of nitrogens with zero attached hydrogens (tertiary/aromatic N) is 1. The molecule has 1 heterocycles. The second-order valence-electron chi connectivity index (χ2n) is 4.03. The highest BCUT2D eigenvalue weighted by atomic mass is 35.5. The van der Waals surface area contributed by atoms with E-state index in [1.54, 1.807) is 25.1 Å². The first kappa shape index (κ1) is 13.4. The predicted molar refractivity (Wildman–Crippen MR) is 71.7 cm³/mol. The fourth-order valence-corrected chi connectivity index (χ4v) is 1.80. The van der Waals surface area contributed by atoms with E-state index in [0.29, 0.717) is 10.7 Å². The van der Waals surface area contributed by atoms with Crippen molar-refractivity contribution in [3.05, 3.63) is 58.2 Å². The molecule has 98 valence electrons. The van der Waals surface area contributed by atoms with Crippen LogP contribution in [-0.4, -0.2) is 16.1 Å². The van der Waals surface area contributed by atoms with Crippen LogP contribution in [0.2, 0.25) is 5.02 Å². The molecule has 2 rings (SSSR count). The van der Waals surface area contributed by atoms with Gasteiger partial charge in [-0.2, -0.15) is 0 Å². The fourth-order valence-electron chi connectivity index (χ4n) is 1.58. The van der Waals surface area contributed by atoms with Gasteiger partial charge in [-0.1, -0.05) is 23.7 Å². The molecule has 0 atom stereocenters. The van der Waals surface area contributed by atoms with E-state index in [0.717, 1.165) is 5.56 Å². The van der Waals surface area contributed by atoms with Crippen LogP contribution in [0, 0.1) is 6.92 Å². The van der Waals surface area contributed by atoms with Crippen LogP contribution in [0.1, 0.15) is 21.6 Å². The highest BCUT2D eigenvalue weighted by Gasteiger charge is 2.13. The van der Waals surface area contributed by atoms with Gasteiger partial charge in [-0.05, 0) is 36.8 Å². The molecule has 2 aromatic rings. The molecule has 1 aromatic carbocycles. The van der Waals surface area contributed by atoms with E-state index >= 15 is 0 Å². The largest absolute Gasteiger partial charge is 0.477 e. The first-order valence-corrected chi connectivity index (χ1v) is 6.02. The van der Waals surface area contributed by atoms with Crippen LogP contribution in [0.15, 0.2) is 36.4 Å². The number of halogens is 1. The standard InChI is InChI=1S/C14H12ClNO3/c1-9-5-6-12(14(17)18)13(16-9)19-8-10-3-2-4-11(15)7-10/h2-7H,8H2,1H3,(H,17,18). The van der Waals surface area contributed by atoms with Crippen molar-refractivity contribution in [1.82, 2.24) is 4.98 Å². The van der Waals surface area contributed by atoms with E-state index in [9.17, 15) is 4.79 Å². The number of rotatable bonds is 4. The molecule has 1 N–H and O–H groups in total. The number of ether oxygens (including phenoxy) is 1. The summed E-state index contributed by atoms with van der Waals surface area (Å²) in [5.74, 6) is -0.943. The van der Waals surface area contributed by atoms with Crippen LogP contribution >= 0.6 is 11.6 Å². The summed E-state index contributed by atoms with van der Waals surface area (Å²) >= 11 is 5.87. The summed E-state index contributed by atoms with van der Waals surface area (Å²) in [7, 11) is 0. The molecule has 0 aliphatic carbocycles. The smallest absolute Gasteiger partial charge is 0.341 e. The van der Waals surface area contributed by atoms with Gasteiger partial charge in [-0.15, -0.1) is 0 Å². The SMILES string of the molecule is Cc1ccc(C(=O)O)c(OCc2cccc(Cl)c2)n1. The Morgan fingerprint density at radius 2 is 2.16 bits per heavy atom. The summed E-state index contributed by atoms with van der Waals surface area (Å²) in [5, 5.41) is 9.66. The molecular formula is C14H12ClNO3. The van der Waals surface area contributed by atoms with Gasteiger partial charge in [0.15, 0.2) is 0 Å². The molecule has 19 heavy (non-hydrogen) atoms. The van der Waals surface area contributed by atoms with Gasteiger partial charge < -0.3 is 9.84 Å². The van der Waals surface area contributed by atoms with Crippen molar-refractivity contribution < 1.29 is 14.6 Å². The number of aromatic carboxylic acids is 1. The lowest BCUT2D eigenvalue weighted by Gasteiger charge is -2.09. The van der Waals surface area contributed by atoms with E-state index in [1.807, 2.05) is 12.1 Å². The number of pyridine rings is 1. The molecule has 1 aromatic heterocycles. The lowest BCUT2D eigenvalue weighted by Crippen LogP contribution is -2.06. The molecule has 0 radical (unpaired) electrons. The number of aryl methyl sites for hydroxylation is 1. The van der Waals surface area contributed by atoms with Crippen molar-refractivity contribution in [2.75, 3.05) is 0 Å². The van der Waals surface area contributed by atoms with Crippen LogP contribution in [0.3, 0.4) is 0 Å². The Kier molecular flexibility index (Phi) is 4.02. The number of hydrogen-bond acceptors (Lipinski definition) is 3. The van der Waals surface area contributed by atoms with E-state index < -0.39 is 5.97 Å². The summed E-state index contributed by atoms with van der Waals surface area (Å²) in [6.45, 7) is 2.00. The molecule has 0 unspecified atom stereocenters. The highest BCUT2D eigenvalue weighted by molar-refractivity contribution is 6.30. The molecule has 0 saturated carbocycles. The first-order chi connectivity index (χ1) is 9.06. The third-order valence-electron chi connectivity index (χ3n) is 2.49. The number of carboxylic acids is 1. The summed E-state index contributed by atoms with van der Waals surface area (Å²) in [6, 6.07) is 10.3. The van der Waals surface area contributed by atoms with Gasteiger partial charge >= 0.3 is 5.97 Å². The maximum atomic E-state index is 11.1. The van der Waals surface area contributed by atoms with E-state index in [-0.39, 0.29) is 18.1 Å². The van der Waals surface area contributed by atoms with E-state index in [2.05, 4.69) is 4.98 Å². The zero-order valence-corrected chi connectivity index (χ0v) is 11.0. The normalized spacial score (nSPS) is 10.2. The Morgan fingerprint density at radius 1 is 1.37 bits per heavy atom. The van der Waals surface area contributed by atoms with Crippen LogP contribution in [-0.2, 0) is 6.61 Å². The zero-order valence-electron chi connectivity index (χ0n) is 10.3. The lowest BCUT2D eigenvalue weighted by atomic mass is 10.2. The van der Waals surface area contributed by atoms with Crippen LogP contribution < -0.4 is 4.74 Å². The van der Waals surface area contributed by atoms with Gasteiger partial charge in [0.1, 0.15) is 12.2 Å². The fraction of sp³-hybridized carbons (Fsp3) is 0.143. The third-order valence-corrected chi connectivity index (χ3v) is 2.73. The Morgan fingerprint density at radius 3 is 2.84 bits per heavy atom. The Labute approximate surface area is 115 Å². The minimum absolute atomic E-state index is 0.0487. The average molecular weight is 278 g/mol. The van der Waals surface area contributed by atoms with Crippen molar-refractivity contribution in [2.24, 2.45) is 0 Å². The van der Waals surface area contributed by atoms with Crippen LogP contribution in [0.25, 0.3) is 0 Å². The van der Waals surface area contributed by atoms with Gasteiger partial charge in [-0.25, -0.2) is 9.78 Å². The van der Waals surface area contributed by atoms with Crippen molar-refractivity contribution >= 4 is 17.6 Å². The number of hydrogen-bond donors (Lipinski definition) is 1. The number of benzene rings is 1. The molecule has 0 aliphatic rings. The molecule has 0 amide bonds. The van der Waals surface area contributed by atoms with E-state index in [4.69, 9.17) is 21.4 Å². The Balaban J connectivity index is 2.19. The quantitative estimate of drug-likeness (QED) is 0.931. The van der Waals surface area contributed by atoms with Gasteiger partial charge in [-0.3, -0.25) is 0 Å². The van der Waals surface area contributed by atoms with Crippen LogP contribution in [0.4, 0.5) is 0 Å². The zero-order chi connectivity index (χ0) is 13.8. The third kappa shape index (κ3) is 3.45. The molecule has 0 aliphatic heterocycles. The minimum atomic E-state index is -1.06. The highest BCUT2D eigenvalue weighted by Crippen LogP contribution is 2.18. The summed E-state index contributed by atoms with van der Waals surface area (Å²) in [4.78, 5) is 15.2. The number of carboxylic acid groups (broad SMARTS) is 1. The van der Waals surface area contributed by atoms with Gasteiger partial charge in [0.05, 0.1) is 0 Å².